The van der Waals surface area contributed by atoms with Gasteiger partial charge < -0.3 is 0 Å². The second kappa shape index (κ2) is 5.72. The average Bonchev–Trinajstić information content (AvgIpc) is 2.68. The fourth-order valence-corrected chi connectivity index (χ4v) is 4.42. The van der Waals surface area contributed by atoms with E-state index in [1.165, 1.54) is 47.9 Å². The Hall–Kier alpha value is -2.64. The van der Waals surface area contributed by atoms with Gasteiger partial charge in [-0.1, -0.05) is 84.9 Å². The first-order valence-corrected chi connectivity index (χ1v) is 9.20. The lowest BCUT2D eigenvalue weighted by Crippen LogP contribution is -1.87. The number of benzene rings is 5. The Morgan fingerprint density at radius 1 is 0.480 bits per heavy atom. The smallest absolute Gasteiger partial charge is 0.0332 e. The molecule has 0 saturated heterocycles. The van der Waals surface area contributed by atoms with Crippen LogP contribution in [0.15, 0.2) is 95.5 Å². The second-order valence-electron chi connectivity index (χ2n) is 6.34. The maximum atomic E-state index is 3.83. The van der Waals surface area contributed by atoms with E-state index in [1.54, 1.807) is 0 Å². The Labute approximate surface area is 154 Å². The molecule has 0 aromatic heterocycles. The summed E-state index contributed by atoms with van der Waals surface area (Å²) in [6.07, 6.45) is 0. The molecule has 118 valence electrons. The largest absolute Gasteiger partial charge is 0.0616 e. The molecule has 0 radical (unpaired) electrons. The third-order valence-electron chi connectivity index (χ3n) is 4.90. The molecule has 25 heavy (non-hydrogen) atoms. The molecule has 0 heterocycles. The highest BCUT2D eigenvalue weighted by Gasteiger charge is 2.13. The molecule has 1 heteroatoms. The third-order valence-corrected chi connectivity index (χ3v) is 5.76. The van der Waals surface area contributed by atoms with E-state index in [1.807, 2.05) is 0 Å². The first-order chi connectivity index (χ1) is 12.3. The Kier molecular flexibility index (Phi) is 3.36. The predicted molar refractivity (Wildman–Crippen MR) is 112 cm³/mol. The maximum Gasteiger partial charge on any atom is 0.0332 e. The fraction of sp³-hybridized carbons (Fsp3) is 0. The minimum atomic E-state index is 1.17. The number of hydrogen-bond acceptors (Lipinski definition) is 0. The van der Waals surface area contributed by atoms with Crippen LogP contribution in [0, 0.1) is 0 Å². The van der Waals surface area contributed by atoms with Gasteiger partial charge in [0.1, 0.15) is 0 Å². The Morgan fingerprint density at radius 2 is 1.00 bits per heavy atom. The van der Waals surface area contributed by atoms with Crippen LogP contribution in [0.2, 0.25) is 0 Å². The quantitative estimate of drug-likeness (QED) is 0.262. The highest BCUT2D eigenvalue weighted by molar-refractivity contribution is 9.10. The minimum absolute atomic E-state index is 1.17. The van der Waals surface area contributed by atoms with Crippen molar-refractivity contribution in [1.82, 2.24) is 0 Å². The Morgan fingerprint density at radius 3 is 1.64 bits per heavy atom. The SMILES string of the molecule is Brc1c2ccccc2c(-c2ccc3ccccc3c2)c2ccccc12. The van der Waals surface area contributed by atoms with Crippen LogP contribution in [0.25, 0.3) is 43.4 Å². The van der Waals surface area contributed by atoms with Crippen molar-refractivity contribution in [2.24, 2.45) is 0 Å². The first kappa shape index (κ1) is 14.7. The molecule has 0 aliphatic heterocycles. The van der Waals surface area contributed by atoms with Crippen LogP contribution in [-0.4, -0.2) is 0 Å². The zero-order chi connectivity index (χ0) is 16.8. The molecule has 0 bridgehead atoms. The summed E-state index contributed by atoms with van der Waals surface area (Å²) in [5, 5.41) is 7.62. The van der Waals surface area contributed by atoms with E-state index in [-0.39, 0.29) is 0 Å². The van der Waals surface area contributed by atoms with E-state index in [0.29, 0.717) is 0 Å². The summed E-state index contributed by atoms with van der Waals surface area (Å²) in [7, 11) is 0. The molecule has 5 rings (SSSR count). The van der Waals surface area contributed by atoms with E-state index in [2.05, 4.69) is 107 Å². The van der Waals surface area contributed by atoms with Gasteiger partial charge in [0.2, 0.25) is 0 Å². The van der Waals surface area contributed by atoms with Crippen LogP contribution >= 0.6 is 15.9 Å². The molecule has 0 aliphatic rings. The highest BCUT2D eigenvalue weighted by atomic mass is 79.9. The van der Waals surface area contributed by atoms with Crippen molar-refractivity contribution in [1.29, 1.82) is 0 Å². The van der Waals surface area contributed by atoms with E-state index >= 15 is 0 Å². The minimum Gasteiger partial charge on any atom is -0.0616 e. The van der Waals surface area contributed by atoms with E-state index in [9.17, 15) is 0 Å². The molecule has 0 fully saturated rings. The molecule has 0 spiro atoms. The van der Waals surface area contributed by atoms with Crippen molar-refractivity contribution in [3.05, 3.63) is 95.5 Å². The normalized spacial score (nSPS) is 11.4. The molecular weight excluding hydrogens is 368 g/mol. The van der Waals surface area contributed by atoms with Crippen LogP contribution in [0.4, 0.5) is 0 Å². The van der Waals surface area contributed by atoms with Crippen molar-refractivity contribution in [3.8, 4) is 11.1 Å². The average molecular weight is 383 g/mol. The summed E-state index contributed by atoms with van der Waals surface area (Å²) in [6.45, 7) is 0. The molecule has 5 aromatic carbocycles. The lowest BCUT2D eigenvalue weighted by Gasteiger charge is -2.15. The third kappa shape index (κ3) is 2.27. The molecule has 0 amide bonds. The lowest BCUT2D eigenvalue weighted by atomic mass is 9.91. The van der Waals surface area contributed by atoms with Crippen LogP contribution < -0.4 is 0 Å². The van der Waals surface area contributed by atoms with E-state index in [0.717, 1.165) is 0 Å². The summed E-state index contributed by atoms with van der Waals surface area (Å²) < 4.78 is 1.17. The molecule has 0 atom stereocenters. The number of hydrogen-bond donors (Lipinski definition) is 0. The van der Waals surface area contributed by atoms with Gasteiger partial charge in [0.25, 0.3) is 0 Å². The molecule has 0 N–H and O–H groups in total. The summed E-state index contributed by atoms with van der Waals surface area (Å²) in [5.41, 5.74) is 2.57. The van der Waals surface area contributed by atoms with Gasteiger partial charge in [-0.15, -0.1) is 0 Å². The van der Waals surface area contributed by atoms with Crippen LogP contribution in [0.1, 0.15) is 0 Å². The standard InChI is InChI=1S/C24H15Br/c25-24-21-11-5-3-9-19(21)23(20-10-4-6-12-22(20)24)18-14-13-16-7-1-2-8-17(16)15-18/h1-15H. The van der Waals surface area contributed by atoms with Crippen LogP contribution in [0.3, 0.4) is 0 Å². The number of halogens is 1. The van der Waals surface area contributed by atoms with Crippen molar-refractivity contribution in [2.75, 3.05) is 0 Å². The second-order valence-corrected chi connectivity index (χ2v) is 7.14. The summed E-state index contributed by atoms with van der Waals surface area (Å²) in [5.74, 6) is 0. The molecule has 5 aromatic rings. The van der Waals surface area contributed by atoms with Gasteiger partial charge in [0.15, 0.2) is 0 Å². The van der Waals surface area contributed by atoms with E-state index < -0.39 is 0 Å². The molecule has 0 unspecified atom stereocenters. The zero-order valence-corrected chi connectivity index (χ0v) is 15.1. The van der Waals surface area contributed by atoms with Crippen LogP contribution in [0.5, 0.6) is 0 Å². The van der Waals surface area contributed by atoms with Gasteiger partial charge in [-0.2, -0.15) is 0 Å². The van der Waals surface area contributed by atoms with Gasteiger partial charge in [-0.25, -0.2) is 0 Å². The van der Waals surface area contributed by atoms with Crippen molar-refractivity contribution in [3.63, 3.8) is 0 Å². The Bertz CT molecular complexity index is 1190. The van der Waals surface area contributed by atoms with Gasteiger partial charge in [0, 0.05) is 4.47 Å². The van der Waals surface area contributed by atoms with E-state index in [4.69, 9.17) is 0 Å². The van der Waals surface area contributed by atoms with Gasteiger partial charge in [0.05, 0.1) is 0 Å². The highest BCUT2D eigenvalue weighted by Crippen LogP contribution is 2.41. The zero-order valence-electron chi connectivity index (χ0n) is 13.5. The van der Waals surface area contributed by atoms with Crippen molar-refractivity contribution in [2.45, 2.75) is 0 Å². The summed E-state index contributed by atoms with van der Waals surface area (Å²) in [6, 6.07) is 32.6. The fourth-order valence-electron chi connectivity index (χ4n) is 3.73. The van der Waals surface area contributed by atoms with Gasteiger partial charge in [-0.3, -0.25) is 0 Å². The van der Waals surface area contributed by atoms with Gasteiger partial charge in [-0.05, 0) is 65.4 Å². The number of fused-ring (bicyclic) bond motifs is 3. The van der Waals surface area contributed by atoms with Crippen LogP contribution in [-0.2, 0) is 0 Å². The monoisotopic (exact) mass is 382 g/mol. The van der Waals surface area contributed by atoms with Gasteiger partial charge >= 0.3 is 0 Å². The Balaban J connectivity index is 1.97. The molecule has 0 aliphatic carbocycles. The topological polar surface area (TPSA) is 0 Å². The number of rotatable bonds is 1. The predicted octanol–water partition coefficient (Wildman–Crippen LogP) is 7.58. The lowest BCUT2D eigenvalue weighted by molar-refractivity contribution is 1.69. The van der Waals surface area contributed by atoms with Crippen molar-refractivity contribution < 1.29 is 0 Å². The first-order valence-electron chi connectivity index (χ1n) is 8.41. The summed E-state index contributed by atoms with van der Waals surface area (Å²) >= 11 is 3.83. The maximum absolute atomic E-state index is 3.83. The molecular formula is C24H15Br. The molecule has 0 saturated carbocycles. The molecule has 0 nitrogen and oxygen atoms in total. The summed E-state index contributed by atoms with van der Waals surface area (Å²) in [4.78, 5) is 0. The van der Waals surface area contributed by atoms with Crippen molar-refractivity contribution >= 4 is 48.2 Å².